The van der Waals surface area contributed by atoms with E-state index in [1.54, 1.807) is 0 Å². The molecule has 35 heavy (non-hydrogen) atoms. The standard InChI is InChI=1S/C31H56O4/c1-4-5-6-7-8-9-10-11-12-13-14-15-18-21-34-30(32)28-19-16-17-20-29(28)31(33)35-27-23-25(2)22-26(3)24-27/h25-29H,4-24H2,1-3H3. The van der Waals surface area contributed by atoms with Gasteiger partial charge in [0.25, 0.3) is 0 Å². The van der Waals surface area contributed by atoms with Crippen LogP contribution in [0.4, 0.5) is 0 Å². The molecule has 2 aliphatic rings. The predicted octanol–water partition coefficient (Wildman–Crippen LogP) is 8.80. The number of unbranched alkanes of at least 4 members (excludes halogenated alkanes) is 12. The number of rotatable bonds is 17. The molecule has 0 radical (unpaired) electrons. The maximum atomic E-state index is 13.0. The summed E-state index contributed by atoms with van der Waals surface area (Å²) in [7, 11) is 0. The second kappa shape index (κ2) is 18.2. The molecule has 4 unspecified atom stereocenters. The molecule has 2 saturated carbocycles. The quantitative estimate of drug-likeness (QED) is 0.150. The molecule has 0 N–H and O–H groups in total. The summed E-state index contributed by atoms with van der Waals surface area (Å²) in [6.45, 7) is 7.25. The predicted molar refractivity (Wildman–Crippen MR) is 144 cm³/mol. The zero-order valence-electron chi connectivity index (χ0n) is 23.4. The minimum atomic E-state index is -0.310. The van der Waals surface area contributed by atoms with E-state index >= 15 is 0 Å². The third-order valence-corrected chi connectivity index (χ3v) is 8.28. The fraction of sp³-hybridized carbons (Fsp3) is 0.935. The normalized spacial score (nSPS) is 26.9. The van der Waals surface area contributed by atoms with Crippen molar-refractivity contribution in [3.8, 4) is 0 Å². The molecular weight excluding hydrogens is 436 g/mol. The monoisotopic (exact) mass is 492 g/mol. The second-order valence-electron chi connectivity index (χ2n) is 11.9. The van der Waals surface area contributed by atoms with E-state index in [4.69, 9.17) is 9.47 Å². The topological polar surface area (TPSA) is 52.6 Å². The Hall–Kier alpha value is -1.06. The molecule has 0 heterocycles. The zero-order chi connectivity index (χ0) is 25.3. The van der Waals surface area contributed by atoms with Crippen LogP contribution in [-0.4, -0.2) is 24.6 Å². The smallest absolute Gasteiger partial charge is 0.310 e. The van der Waals surface area contributed by atoms with Gasteiger partial charge in [0.15, 0.2) is 0 Å². The van der Waals surface area contributed by atoms with Crippen molar-refractivity contribution in [1.29, 1.82) is 0 Å². The van der Waals surface area contributed by atoms with Crippen molar-refractivity contribution >= 4 is 11.9 Å². The van der Waals surface area contributed by atoms with Crippen LogP contribution in [-0.2, 0) is 19.1 Å². The van der Waals surface area contributed by atoms with Gasteiger partial charge < -0.3 is 9.47 Å². The van der Waals surface area contributed by atoms with E-state index in [0.717, 1.165) is 51.4 Å². The van der Waals surface area contributed by atoms with Crippen LogP contribution in [0.5, 0.6) is 0 Å². The molecule has 0 aromatic heterocycles. The van der Waals surface area contributed by atoms with Gasteiger partial charge in [-0.15, -0.1) is 0 Å². The summed E-state index contributed by atoms with van der Waals surface area (Å²) in [5, 5.41) is 0. The van der Waals surface area contributed by atoms with E-state index < -0.39 is 0 Å². The number of ether oxygens (including phenoxy) is 2. The fourth-order valence-corrected chi connectivity index (χ4v) is 6.32. The molecule has 2 aliphatic carbocycles. The maximum absolute atomic E-state index is 13.0. The van der Waals surface area contributed by atoms with Gasteiger partial charge >= 0.3 is 11.9 Å². The highest BCUT2D eigenvalue weighted by molar-refractivity contribution is 5.82. The van der Waals surface area contributed by atoms with Gasteiger partial charge in [-0.3, -0.25) is 9.59 Å². The number of esters is 2. The molecule has 0 amide bonds. The molecule has 0 aliphatic heterocycles. The first-order valence-corrected chi connectivity index (χ1v) is 15.4. The third kappa shape index (κ3) is 12.6. The Labute approximate surface area is 216 Å². The lowest BCUT2D eigenvalue weighted by molar-refractivity contribution is -0.168. The summed E-state index contributed by atoms with van der Waals surface area (Å²) in [5.74, 6) is 0.259. The second-order valence-corrected chi connectivity index (χ2v) is 11.9. The third-order valence-electron chi connectivity index (χ3n) is 8.28. The molecule has 0 spiro atoms. The Bertz CT molecular complexity index is 564. The molecule has 4 nitrogen and oxygen atoms in total. The SMILES string of the molecule is CCCCCCCCCCCCCCCOC(=O)C1CCCCC1C(=O)OC1CC(C)CC(C)C1. The molecule has 0 saturated heterocycles. The van der Waals surface area contributed by atoms with E-state index in [1.165, 1.54) is 77.0 Å². The Balaban J connectivity index is 1.54. The summed E-state index contributed by atoms with van der Waals surface area (Å²) in [5.41, 5.74) is 0. The van der Waals surface area contributed by atoms with Crippen molar-refractivity contribution < 1.29 is 19.1 Å². The lowest BCUT2D eigenvalue weighted by atomic mass is 9.78. The number of carbonyl (C=O) groups excluding carboxylic acids is 2. The average Bonchev–Trinajstić information content (AvgIpc) is 2.83. The van der Waals surface area contributed by atoms with Crippen molar-refractivity contribution in [2.75, 3.05) is 6.61 Å². The van der Waals surface area contributed by atoms with Crippen LogP contribution in [0.2, 0.25) is 0 Å². The van der Waals surface area contributed by atoms with Crippen LogP contribution in [0.25, 0.3) is 0 Å². The lowest BCUT2D eigenvalue weighted by Crippen LogP contribution is -2.38. The van der Waals surface area contributed by atoms with Gasteiger partial charge in [0.2, 0.25) is 0 Å². The van der Waals surface area contributed by atoms with Crippen LogP contribution < -0.4 is 0 Å². The van der Waals surface area contributed by atoms with Crippen molar-refractivity contribution in [1.82, 2.24) is 0 Å². The van der Waals surface area contributed by atoms with Crippen molar-refractivity contribution in [2.45, 2.75) is 155 Å². The van der Waals surface area contributed by atoms with Gasteiger partial charge in [0.1, 0.15) is 6.10 Å². The number of hydrogen-bond donors (Lipinski definition) is 0. The number of carbonyl (C=O) groups is 2. The highest BCUT2D eigenvalue weighted by Gasteiger charge is 2.39. The Kier molecular flexibility index (Phi) is 15.7. The molecule has 2 fully saturated rings. The zero-order valence-corrected chi connectivity index (χ0v) is 23.4. The molecular formula is C31H56O4. The van der Waals surface area contributed by atoms with Crippen LogP contribution >= 0.6 is 0 Å². The highest BCUT2D eigenvalue weighted by Crippen LogP contribution is 2.35. The molecule has 0 bridgehead atoms. The molecule has 204 valence electrons. The minimum Gasteiger partial charge on any atom is -0.465 e. The van der Waals surface area contributed by atoms with E-state index in [1.807, 2.05) is 0 Å². The van der Waals surface area contributed by atoms with E-state index in [0.29, 0.717) is 18.4 Å². The van der Waals surface area contributed by atoms with Gasteiger partial charge in [-0.25, -0.2) is 0 Å². The largest absolute Gasteiger partial charge is 0.465 e. The Morgan fingerprint density at radius 3 is 1.60 bits per heavy atom. The molecule has 0 aromatic carbocycles. The van der Waals surface area contributed by atoms with Crippen LogP contribution in [0.15, 0.2) is 0 Å². The first-order chi connectivity index (χ1) is 17.0. The lowest BCUT2D eigenvalue weighted by Gasteiger charge is -2.34. The van der Waals surface area contributed by atoms with Crippen LogP contribution in [0, 0.1) is 23.7 Å². The summed E-state index contributed by atoms with van der Waals surface area (Å²) >= 11 is 0. The molecule has 0 aromatic rings. The first kappa shape index (κ1) is 30.2. The molecule has 2 rings (SSSR count). The van der Waals surface area contributed by atoms with Crippen molar-refractivity contribution in [2.24, 2.45) is 23.7 Å². The highest BCUT2D eigenvalue weighted by atomic mass is 16.5. The summed E-state index contributed by atoms with van der Waals surface area (Å²) in [4.78, 5) is 25.8. The van der Waals surface area contributed by atoms with Gasteiger partial charge in [-0.05, 0) is 50.4 Å². The van der Waals surface area contributed by atoms with Gasteiger partial charge in [-0.2, -0.15) is 0 Å². The molecule has 4 heteroatoms. The first-order valence-electron chi connectivity index (χ1n) is 15.4. The maximum Gasteiger partial charge on any atom is 0.310 e. The van der Waals surface area contributed by atoms with Gasteiger partial charge in [-0.1, -0.05) is 111 Å². The summed E-state index contributed by atoms with van der Waals surface area (Å²) in [6, 6.07) is 0. The van der Waals surface area contributed by atoms with Gasteiger partial charge in [0, 0.05) is 0 Å². The van der Waals surface area contributed by atoms with Crippen LogP contribution in [0.1, 0.15) is 149 Å². The summed E-state index contributed by atoms with van der Waals surface area (Å²) < 4.78 is 11.6. The molecule has 4 atom stereocenters. The van der Waals surface area contributed by atoms with Gasteiger partial charge in [0.05, 0.1) is 18.4 Å². The Morgan fingerprint density at radius 1 is 0.629 bits per heavy atom. The van der Waals surface area contributed by atoms with E-state index in [-0.39, 0.29) is 29.9 Å². The minimum absolute atomic E-state index is 0.0191. The van der Waals surface area contributed by atoms with E-state index in [9.17, 15) is 9.59 Å². The average molecular weight is 493 g/mol. The summed E-state index contributed by atoms with van der Waals surface area (Å²) in [6.07, 6.45) is 23.7. The fourth-order valence-electron chi connectivity index (χ4n) is 6.32. The Morgan fingerprint density at radius 2 is 1.09 bits per heavy atom. The van der Waals surface area contributed by atoms with Crippen molar-refractivity contribution in [3.05, 3.63) is 0 Å². The van der Waals surface area contributed by atoms with Crippen molar-refractivity contribution in [3.63, 3.8) is 0 Å². The van der Waals surface area contributed by atoms with E-state index in [2.05, 4.69) is 20.8 Å². The number of hydrogen-bond acceptors (Lipinski definition) is 4. The van der Waals surface area contributed by atoms with Crippen LogP contribution in [0.3, 0.4) is 0 Å².